The molecule has 0 bridgehead atoms. The third-order valence-electron chi connectivity index (χ3n) is 3.95. The Morgan fingerprint density at radius 2 is 1.90 bits per heavy atom. The van der Waals surface area contributed by atoms with Crippen LogP contribution in [-0.4, -0.2) is 37.5 Å². The molecule has 0 fully saturated rings. The van der Waals surface area contributed by atoms with E-state index in [0.29, 0.717) is 38.8 Å². The number of anilines is 1. The maximum atomic E-state index is 12.3. The van der Waals surface area contributed by atoms with E-state index in [9.17, 15) is 9.59 Å². The Bertz CT molecular complexity index is 1100. The van der Waals surface area contributed by atoms with Crippen LogP contribution in [0.5, 0.6) is 0 Å². The predicted octanol–water partition coefficient (Wildman–Crippen LogP) is 4.87. The predicted molar refractivity (Wildman–Crippen MR) is 118 cm³/mol. The van der Waals surface area contributed by atoms with Crippen LogP contribution in [0.15, 0.2) is 60.3 Å². The number of thioether (sulfide) groups is 1. The van der Waals surface area contributed by atoms with Gasteiger partial charge in [0.15, 0.2) is 11.0 Å². The van der Waals surface area contributed by atoms with Crippen LogP contribution in [0.3, 0.4) is 0 Å². The molecule has 0 unspecified atom stereocenters. The first-order valence-corrected chi connectivity index (χ1v) is 10.4. The van der Waals surface area contributed by atoms with Crippen LogP contribution in [0.25, 0.3) is 11.4 Å². The Morgan fingerprint density at radius 3 is 2.53 bits per heavy atom. The highest BCUT2D eigenvalue weighted by atomic mass is 35.5. The Kier molecular flexibility index (Phi) is 7.15. The van der Waals surface area contributed by atoms with E-state index in [0.717, 1.165) is 0 Å². The minimum Gasteiger partial charge on any atom is -0.478 e. The minimum absolute atomic E-state index is 0.0876. The first-order chi connectivity index (χ1) is 14.4. The molecule has 2 aromatic carbocycles. The van der Waals surface area contributed by atoms with Gasteiger partial charge in [-0.1, -0.05) is 41.0 Å². The lowest BCUT2D eigenvalue weighted by molar-refractivity contribution is -0.113. The maximum Gasteiger partial charge on any atom is 0.335 e. The van der Waals surface area contributed by atoms with Crippen LogP contribution in [0.4, 0.5) is 5.69 Å². The Morgan fingerprint density at radius 1 is 1.17 bits per heavy atom. The van der Waals surface area contributed by atoms with E-state index in [2.05, 4.69) is 22.1 Å². The lowest BCUT2D eigenvalue weighted by Crippen LogP contribution is -2.14. The molecule has 0 spiro atoms. The summed E-state index contributed by atoms with van der Waals surface area (Å²) in [5.41, 5.74) is 1.32. The average Bonchev–Trinajstić information content (AvgIpc) is 3.09. The van der Waals surface area contributed by atoms with Crippen molar-refractivity contribution in [3.63, 3.8) is 0 Å². The number of carbonyl (C=O) groups excluding carboxylic acids is 1. The normalized spacial score (nSPS) is 10.6. The molecule has 3 aromatic rings. The van der Waals surface area contributed by atoms with Gasteiger partial charge in [-0.25, -0.2) is 4.79 Å². The summed E-state index contributed by atoms with van der Waals surface area (Å²) in [5, 5.41) is 21.5. The van der Waals surface area contributed by atoms with E-state index in [4.69, 9.17) is 28.3 Å². The number of hydrogen-bond acceptors (Lipinski definition) is 5. The number of halogens is 2. The third-order valence-corrected chi connectivity index (χ3v) is 5.46. The van der Waals surface area contributed by atoms with Crippen molar-refractivity contribution in [3.8, 4) is 11.4 Å². The van der Waals surface area contributed by atoms with Gasteiger partial charge in [0, 0.05) is 22.8 Å². The number of nitrogens with one attached hydrogen (secondary N) is 1. The third kappa shape index (κ3) is 5.21. The van der Waals surface area contributed by atoms with Crippen molar-refractivity contribution in [3.05, 3.63) is 70.7 Å². The van der Waals surface area contributed by atoms with Crippen LogP contribution in [-0.2, 0) is 11.3 Å². The van der Waals surface area contributed by atoms with Crippen molar-refractivity contribution >= 4 is 52.5 Å². The van der Waals surface area contributed by atoms with Gasteiger partial charge in [-0.3, -0.25) is 9.36 Å². The summed E-state index contributed by atoms with van der Waals surface area (Å²) in [6, 6.07) is 11.0. The smallest absolute Gasteiger partial charge is 0.335 e. The maximum absolute atomic E-state index is 12.3. The summed E-state index contributed by atoms with van der Waals surface area (Å²) in [6.07, 6.45) is 1.70. The molecule has 3 rings (SSSR count). The highest BCUT2D eigenvalue weighted by Crippen LogP contribution is 2.31. The first-order valence-electron chi connectivity index (χ1n) is 8.64. The number of benzene rings is 2. The number of allylic oxidation sites excluding steroid dienone is 1. The average molecular weight is 463 g/mol. The molecule has 0 atom stereocenters. The highest BCUT2D eigenvalue weighted by Gasteiger charge is 2.17. The standard InChI is InChI=1S/C20H16Cl2N4O3S/c1-2-9-26-18(15-8-5-13(21)10-16(15)22)24-25-20(26)30-11-17(27)23-14-6-3-12(4-7-14)19(28)29/h2-8,10H,1,9,11H2,(H,23,27)(H,28,29). The van der Waals surface area contributed by atoms with Crippen molar-refractivity contribution in [2.75, 3.05) is 11.1 Å². The van der Waals surface area contributed by atoms with Crippen LogP contribution in [0.2, 0.25) is 10.0 Å². The van der Waals surface area contributed by atoms with Gasteiger partial charge >= 0.3 is 5.97 Å². The van der Waals surface area contributed by atoms with Crippen LogP contribution < -0.4 is 5.32 Å². The summed E-state index contributed by atoms with van der Waals surface area (Å²) in [4.78, 5) is 23.2. The van der Waals surface area contributed by atoms with E-state index in [1.807, 2.05) is 4.57 Å². The van der Waals surface area contributed by atoms with Crippen LogP contribution >= 0.6 is 35.0 Å². The Hall–Kier alpha value is -2.81. The number of carboxylic acids is 1. The minimum atomic E-state index is -1.03. The molecule has 1 amide bonds. The number of rotatable bonds is 8. The van der Waals surface area contributed by atoms with Crippen molar-refractivity contribution in [2.45, 2.75) is 11.7 Å². The molecule has 0 aliphatic carbocycles. The van der Waals surface area contributed by atoms with Crippen LogP contribution in [0, 0.1) is 0 Å². The van der Waals surface area contributed by atoms with Crippen LogP contribution in [0.1, 0.15) is 10.4 Å². The number of aromatic nitrogens is 3. The number of nitrogens with zero attached hydrogens (tertiary/aromatic N) is 3. The fourth-order valence-corrected chi connectivity index (χ4v) is 3.82. The fourth-order valence-electron chi connectivity index (χ4n) is 2.58. The SMILES string of the molecule is C=CCn1c(SCC(=O)Nc2ccc(C(=O)O)cc2)nnc1-c1ccc(Cl)cc1Cl. The van der Waals surface area contributed by atoms with E-state index in [1.165, 1.54) is 36.0 Å². The fraction of sp³-hybridized carbons (Fsp3) is 0.100. The molecule has 1 aromatic heterocycles. The van der Waals surface area contributed by atoms with Gasteiger partial charge in [0.05, 0.1) is 16.3 Å². The van der Waals surface area contributed by atoms with Gasteiger partial charge in [-0.15, -0.1) is 16.8 Å². The molecule has 2 N–H and O–H groups in total. The molecular weight excluding hydrogens is 447 g/mol. The second kappa shape index (κ2) is 9.80. The molecule has 0 radical (unpaired) electrons. The molecular formula is C20H16Cl2N4O3S. The number of carbonyl (C=O) groups is 2. The zero-order valence-corrected chi connectivity index (χ0v) is 17.8. The van der Waals surface area contributed by atoms with E-state index < -0.39 is 5.97 Å². The van der Waals surface area contributed by atoms with Gasteiger partial charge in [-0.2, -0.15) is 0 Å². The number of amides is 1. The zero-order chi connectivity index (χ0) is 21.7. The first kappa shape index (κ1) is 21.9. The van der Waals surface area contributed by atoms with Gasteiger partial charge in [-0.05, 0) is 42.5 Å². The molecule has 1 heterocycles. The van der Waals surface area contributed by atoms with Gasteiger partial charge in [0.2, 0.25) is 5.91 Å². The molecule has 0 saturated heterocycles. The number of carboxylic acid groups (broad SMARTS) is 1. The summed E-state index contributed by atoms with van der Waals surface area (Å²) in [7, 11) is 0. The van der Waals surface area contributed by atoms with Crippen molar-refractivity contribution in [1.29, 1.82) is 0 Å². The summed E-state index contributed by atoms with van der Waals surface area (Å²) >= 11 is 13.5. The van der Waals surface area contributed by atoms with E-state index in [-0.39, 0.29) is 17.2 Å². The quantitative estimate of drug-likeness (QED) is 0.366. The molecule has 7 nitrogen and oxygen atoms in total. The van der Waals surface area contributed by atoms with Gasteiger partial charge in [0.1, 0.15) is 0 Å². The topological polar surface area (TPSA) is 97.1 Å². The van der Waals surface area contributed by atoms with E-state index in [1.54, 1.807) is 24.3 Å². The lowest BCUT2D eigenvalue weighted by atomic mass is 10.2. The Balaban J connectivity index is 1.71. The van der Waals surface area contributed by atoms with Gasteiger partial charge in [0.25, 0.3) is 0 Å². The summed E-state index contributed by atoms with van der Waals surface area (Å²) in [6.45, 7) is 4.19. The summed E-state index contributed by atoms with van der Waals surface area (Å²) < 4.78 is 1.81. The van der Waals surface area contributed by atoms with Gasteiger partial charge < -0.3 is 10.4 Å². The molecule has 30 heavy (non-hydrogen) atoms. The van der Waals surface area contributed by atoms with Crippen molar-refractivity contribution < 1.29 is 14.7 Å². The second-order valence-corrected chi connectivity index (χ2v) is 7.84. The summed E-state index contributed by atoms with van der Waals surface area (Å²) in [5.74, 6) is -0.655. The monoisotopic (exact) mass is 462 g/mol. The number of aromatic carboxylic acids is 1. The second-order valence-electron chi connectivity index (χ2n) is 6.05. The highest BCUT2D eigenvalue weighted by molar-refractivity contribution is 7.99. The molecule has 10 heteroatoms. The Labute approximate surface area is 186 Å². The molecule has 154 valence electrons. The molecule has 0 aliphatic heterocycles. The van der Waals surface area contributed by atoms with Crippen molar-refractivity contribution in [1.82, 2.24) is 14.8 Å². The number of hydrogen-bond donors (Lipinski definition) is 2. The van der Waals surface area contributed by atoms with E-state index >= 15 is 0 Å². The van der Waals surface area contributed by atoms with Crippen molar-refractivity contribution in [2.24, 2.45) is 0 Å². The largest absolute Gasteiger partial charge is 0.478 e. The lowest BCUT2D eigenvalue weighted by Gasteiger charge is -2.09. The molecule has 0 saturated carbocycles. The molecule has 0 aliphatic rings. The zero-order valence-electron chi connectivity index (χ0n) is 15.5.